The fourth-order valence-electron chi connectivity index (χ4n) is 6.98. The smallest absolute Gasteiger partial charge is 0.415 e. The second kappa shape index (κ2) is 11.2. The van der Waals surface area contributed by atoms with Crippen molar-refractivity contribution in [3.05, 3.63) is 59.8 Å². The summed E-state index contributed by atoms with van der Waals surface area (Å²) < 4.78 is 5.20. The fraction of sp³-hybridized carbons (Fsp3) is 0.548. The van der Waals surface area contributed by atoms with E-state index in [1.807, 2.05) is 11.8 Å². The van der Waals surface area contributed by atoms with Crippen molar-refractivity contribution in [2.45, 2.75) is 58.2 Å². The molecule has 0 radical (unpaired) electrons. The summed E-state index contributed by atoms with van der Waals surface area (Å²) in [5, 5.41) is 3.41. The summed E-state index contributed by atoms with van der Waals surface area (Å²) in [6.07, 6.45) is 8.17. The van der Waals surface area contributed by atoms with Gasteiger partial charge >= 0.3 is 6.09 Å². The maximum absolute atomic E-state index is 12.1. The predicted octanol–water partition coefficient (Wildman–Crippen LogP) is 4.93. The van der Waals surface area contributed by atoms with E-state index >= 15 is 0 Å². The van der Waals surface area contributed by atoms with E-state index in [0.29, 0.717) is 24.4 Å². The normalized spacial score (nSPS) is 25.4. The van der Waals surface area contributed by atoms with Gasteiger partial charge in [-0.3, -0.25) is 14.6 Å². The van der Waals surface area contributed by atoms with Crippen molar-refractivity contribution in [1.82, 2.24) is 19.8 Å². The molecule has 0 bridgehead atoms. The van der Waals surface area contributed by atoms with Crippen LogP contribution in [-0.4, -0.2) is 64.5 Å². The number of piperazine rings is 1. The van der Waals surface area contributed by atoms with Crippen molar-refractivity contribution in [2.24, 2.45) is 17.8 Å². The van der Waals surface area contributed by atoms with Crippen LogP contribution in [0.15, 0.2) is 43.1 Å². The third-order valence-corrected chi connectivity index (χ3v) is 9.61. The van der Waals surface area contributed by atoms with Crippen LogP contribution in [0.4, 0.5) is 16.6 Å². The number of nitrogens with one attached hydrogen (secondary N) is 1. The van der Waals surface area contributed by atoms with E-state index in [2.05, 4.69) is 58.0 Å². The largest absolute Gasteiger partial charge is 0.444 e. The minimum atomic E-state index is -0.374. The summed E-state index contributed by atoms with van der Waals surface area (Å²) in [5.41, 5.74) is 3.31. The lowest BCUT2D eigenvalue weighted by molar-refractivity contribution is -0.128. The van der Waals surface area contributed by atoms with Crippen LogP contribution >= 0.6 is 0 Å². The lowest BCUT2D eigenvalue weighted by Gasteiger charge is -2.55. The molecular formula is C31H40N6O3. The second-order valence-corrected chi connectivity index (χ2v) is 11.7. The molecule has 6 rings (SSSR count). The first-order valence-corrected chi connectivity index (χ1v) is 14.8. The minimum Gasteiger partial charge on any atom is -0.444 e. The molecule has 40 heavy (non-hydrogen) atoms. The number of benzene rings is 1. The summed E-state index contributed by atoms with van der Waals surface area (Å²) in [4.78, 5) is 39.4. The van der Waals surface area contributed by atoms with Gasteiger partial charge in [0.25, 0.3) is 0 Å². The summed E-state index contributed by atoms with van der Waals surface area (Å²) in [6, 6.07) is 9.33. The van der Waals surface area contributed by atoms with Gasteiger partial charge in [0.2, 0.25) is 11.9 Å². The first-order chi connectivity index (χ1) is 19.4. The van der Waals surface area contributed by atoms with Crippen LogP contribution in [0.5, 0.6) is 0 Å². The van der Waals surface area contributed by atoms with E-state index < -0.39 is 0 Å². The number of nitrogens with zero attached hydrogens (tertiary/aromatic N) is 5. The van der Waals surface area contributed by atoms with Crippen molar-refractivity contribution < 1.29 is 14.3 Å². The summed E-state index contributed by atoms with van der Waals surface area (Å²) in [5.74, 6) is 3.86. The Morgan fingerprint density at radius 3 is 2.55 bits per heavy atom. The number of amides is 2. The van der Waals surface area contributed by atoms with Crippen LogP contribution in [0.25, 0.3) is 0 Å². The Balaban J connectivity index is 1.15. The van der Waals surface area contributed by atoms with Gasteiger partial charge < -0.3 is 15.0 Å². The van der Waals surface area contributed by atoms with Crippen molar-refractivity contribution in [3.63, 3.8) is 0 Å². The maximum atomic E-state index is 12.1. The van der Waals surface area contributed by atoms with Crippen LogP contribution in [-0.2, 0) is 16.1 Å². The number of carbonyl (C=O) groups is 2. The first kappa shape index (κ1) is 26.7. The third-order valence-electron chi connectivity index (χ3n) is 9.61. The highest BCUT2D eigenvalue weighted by molar-refractivity contribution is 5.89. The molecule has 212 valence electrons. The van der Waals surface area contributed by atoms with E-state index in [1.165, 1.54) is 42.2 Å². The molecule has 1 N–H and O–H groups in total. The van der Waals surface area contributed by atoms with Crippen LogP contribution < -0.4 is 10.2 Å². The minimum absolute atomic E-state index is 0.00741. The molecule has 2 aromatic rings. The lowest BCUT2D eigenvalue weighted by atomic mass is 9.52. The molecule has 5 atom stereocenters. The molecule has 1 aromatic carbocycles. The number of carbonyl (C=O) groups excluding carboxylic acids is 2. The molecular weight excluding hydrogens is 504 g/mol. The zero-order valence-corrected chi connectivity index (χ0v) is 23.6. The number of fused-ring (bicyclic) bond motifs is 2. The van der Waals surface area contributed by atoms with Crippen molar-refractivity contribution in [2.75, 3.05) is 42.9 Å². The highest BCUT2D eigenvalue weighted by atomic mass is 16.6. The highest BCUT2D eigenvalue weighted by Crippen LogP contribution is 2.57. The Morgan fingerprint density at radius 1 is 1.18 bits per heavy atom. The number of hydrogen-bond donors (Lipinski definition) is 1. The molecule has 1 aromatic heterocycles. The SMILES string of the molecule is C=CC(=O)N1CCN(C(CC2CC3CCC32)c2ccc([C@H](C)Nc3ncc4c(n3)N(CC)C(=O)OC4)cc2)CC1. The number of anilines is 2. The Labute approximate surface area is 236 Å². The topological polar surface area (TPSA) is 90.9 Å². The highest BCUT2D eigenvalue weighted by Gasteiger charge is 2.47. The standard InChI is InChI=1S/C31H40N6O3/c1-4-28(38)36-14-12-35(13-15-36)27(17-24-16-23-10-11-26(23)24)22-8-6-21(7-9-22)20(3)33-30-32-18-25-19-40-31(39)37(5-2)29(25)34-30/h4,6-9,18,20,23-24,26-27H,1,5,10-17,19H2,2-3H3,(H,32,33,34)/t20-,23?,24?,26?,27?/m0/s1. The summed E-state index contributed by atoms with van der Waals surface area (Å²) >= 11 is 0. The third kappa shape index (κ3) is 5.07. The van der Waals surface area contributed by atoms with Gasteiger partial charge in [-0.15, -0.1) is 0 Å². The zero-order chi connectivity index (χ0) is 27.8. The first-order valence-electron chi connectivity index (χ1n) is 14.8. The summed E-state index contributed by atoms with van der Waals surface area (Å²) in [7, 11) is 0. The molecule has 3 fully saturated rings. The predicted molar refractivity (Wildman–Crippen MR) is 154 cm³/mol. The monoisotopic (exact) mass is 544 g/mol. The Kier molecular flexibility index (Phi) is 7.49. The maximum Gasteiger partial charge on any atom is 0.415 e. The Bertz CT molecular complexity index is 1260. The molecule has 2 aliphatic carbocycles. The average Bonchev–Trinajstić information content (AvgIpc) is 2.97. The number of rotatable bonds is 9. The van der Waals surface area contributed by atoms with E-state index in [4.69, 9.17) is 4.74 Å². The van der Waals surface area contributed by atoms with Crippen molar-refractivity contribution in [1.29, 1.82) is 0 Å². The van der Waals surface area contributed by atoms with Gasteiger partial charge in [0.1, 0.15) is 12.4 Å². The van der Waals surface area contributed by atoms with Crippen molar-refractivity contribution in [3.8, 4) is 0 Å². The van der Waals surface area contributed by atoms with Crippen molar-refractivity contribution >= 4 is 23.8 Å². The zero-order valence-electron chi connectivity index (χ0n) is 23.6. The van der Waals surface area contributed by atoms with Crippen LogP contribution in [0.2, 0.25) is 0 Å². The average molecular weight is 545 g/mol. The lowest BCUT2D eigenvalue weighted by Crippen LogP contribution is -2.51. The van der Waals surface area contributed by atoms with Gasteiger partial charge in [-0.25, -0.2) is 9.78 Å². The fourth-order valence-corrected chi connectivity index (χ4v) is 6.98. The molecule has 0 spiro atoms. The number of ether oxygens (including phenoxy) is 1. The molecule has 2 saturated carbocycles. The summed E-state index contributed by atoms with van der Waals surface area (Å²) in [6.45, 7) is 11.6. The van der Waals surface area contributed by atoms with E-state index in [0.717, 1.165) is 55.1 Å². The molecule has 4 unspecified atom stereocenters. The number of hydrogen-bond acceptors (Lipinski definition) is 7. The van der Waals surface area contributed by atoms with Gasteiger partial charge in [0.15, 0.2) is 0 Å². The molecule has 4 aliphatic rings. The van der Waals surface area contributed by atoms with Gasteiger partial charge in [0.05, 0.1) is 11.6 Å². The molecule has 9 heteroatoms. The van der Waals surface area contributed by atoms with Gasteiger partial charge in [-0.05, 0) is 74.5 Å². The second-order valence-electron chi connectivity index (χ2n) is 11.7. The quantitative estimate of drug-likeness (QED) is 0.448. The van der Waals surface area contributed by atoms with E-state index in [9.17, 15) is 9.59 Å². The van der Waals surface area contributed by atoms with E-state index in [1.54, 1.807) is 6.20 Å². The molecule has 3 heterocycles. The Hall–Kier alpha value is -3.46. The molecule has 1 saturated heterocycles. The number of aromatic nitrogens is 2. The van der Waals surface area contributed by atoms with E-state index in [-0.39, 0.29) is 24.6 Å². The van der Waals surface area contributed by atoms with Crippen LogP contribution in [0.1, 0.15) is 68.3 Å². The van der Waals surface area contributed by atoms with Gasteiger partial charge in [-0.2, -0.15) is 4.98 Å². The molecule has 9 nitrogen and oxygen atoms in total. The Morgan fingerprint density at radius 2 is 1.93 bits per heavy atom. The molecule has 2 aliphatic heterocycles. The molecule has 2 amide bonds. The van der Waals surface area contributed by atoms with Gasteiger partial charge in [-0.1, -0.05) is 30.8 Å². The number of cyclic esters (lactones) is 1. The van der Waals surface area contributed by atoms with Crippen LogP contribution in [0.3, 0.4) is 0 Å². The van der Waals surface area contributed by atoms with Gasteiger partial charge in [0, 0.05) is 45.0 Å². The van der Waals surface area contributed by atoms with Crippen LogP contribution in [0, 0.1) is 17.8 Å².